The maximum atomic E-state index is 12.3. The topological polar surface area (TPSA) is 24.9 Å². The third-order valence-electron chi connectivity index (χ3n) is 1.54. The van der Waals surface area contributed by atoms with E-state index in [0.717, 1.165) is 6.07 Å². The van der Waals surface area contributed by atoms with Crippen LogP contribution in [0, 0.1) is 0 Å². The van der Waals surface area contributed by atoms with E-state index in [4.69, 9.17) is 0 Å². The van der Waals surface area contributed by atoms with Crippen LogP contribution in [0.3, 0.4) is 0 Å². The first-order chi connectivity index (χ1) is 6.05. The second-order valence-electron chi connectivity index (χ2n) is 2.53. The van der Waals surface area contributed by atoms with Crippen molar-refractivity contribution in [1.29, 1.82) is 0 Å². The minimum absolute atomic E-state index is 0.0255. The lowest BCUT2D eigenvalue weighted by Crippen LogP contribution is -2.15. The summed E-state index contributed by atoms with van der Waals surface area (Å²) >= 11 is 0. The van der Waals surface area contributed by atoms with Crippen LogP contribution < -0.4 is 5.32 Å². The van der Waals surface area contributed by atoms with Gasteiger partial charge < -0.3 is 5.32 Å². The fourth-order valence-electron chi connectivity index (χ4n) is 1.00. The number of alkyl halides is 3. The zero-order valence-electron chi connectivity index (χ0n) is 7.02. The Kier molecular flexibility index (Phi) is 2.87. The SMILES string of the molecule is CNCc1ncccc1C(F)(F)F. The molecule has 1 N–H and O–H groups in total. The van der Waals surface area contributed by atoms with Crippen molar-refractivity contribution >= 4 is 0 Å². The highest BCUT2D eigenvalue weighted by atomic mass is 19.4. The molecule has 0 aliphatic rings. The third-order valence-corrected chi connectivity index (χ3v) is 1.54. The quantitative estimate of drug-likeness (QED) is 0.769. The van der Waals surface area contributed by atoms with Crippen molar-refractivity contribution in [1.82, 2.24) is 10.3 Å². The summed E-state index contributed by atoms with van der Waals surface area (Å²) in [6.45, 7) is 0.121. The van der Waals surface area contributed by atoms with Crippen molar-refractivity contribution in [2.24, 2.45) is 0 Å². The number of rotatable bonds is 2. The minimum atomic E-state index is -4.32. The van der Waals surface area contributed by atoms with Gasteiger partial charge in [-0.3, -0.25) is 4.98 Å². The standard InChI is InChI=1S/C8H9F3N2/c1-12-5-7-6(8(9,10)11)3-2-4-13-7/h2-4,12H,5H2,1H3. The van der Waals surface area contributed by atoms with E-state index in [1.807, 2.05) is 0 Å². The van der Waals surface area contributed by atoms with Crippen LogP contribution in [0.2, 0.25) is 0 Å². The highest BCUT2D eigenvalue weighted by Crippen LogP contribution is 2.30. The van der Waals surface area contributed by atoms with Crippen molar-refractivity contribution in [2.75, 3.05) is 7.05 Å². The molecule has 5 heteroatoms. The Morgan fingerprint density at radius 3 is 2.69 bits per heavy atom. The number of nitrogens with one attached hydrogen (secondary N) is 1. The molecule has 1 aromatic rings. The molecule has 1 rings (SSSR count). The zero-order valence-corrected chi connectivity index (χ0v) is 7.02. The largest absolute Gasteiger partial charge is 0.418 e. The first-order valence-electron chi connectivity index (χ1n) is 3.71. The summed E-state index contributed by atoms with van der Waals surface area (Å²) in [5.41, 5.74) is -0.651. The number of nitrogens with zero attached hydrogens (tertiary/aromatic N) is 1. The normalized spacial score (nSPS) is 11.7. The van der Waals surface area contributed by atoms with Crippen molar-refractivity contribution < 1.29 is 13.2 Å². The molecule has 72 valence electrons. The smallest absolute Gasteiger partial charge is 0.314 e. The van der Waals surface area contributed by atoms with Crippen LogP contribution in [0.4, 0.5) is 13.2 Å². The molecule has 0 spiro atoms. The van der Waals surface area contributed by atoms with Gasteiger partial charge in [0.15, 0.2) is 0 Å². The summed E-state index contributed by atoms with van der Waals surface area (Å²) in [4.78, 5) is 3.65. The number of hydrogen-bond donors (Lipinski definition) is 1. The lowest BCUT2D eigenvalue weighted by Gasteiger charge is -2.10. The summed E-state index contributed by atoms with van der Waals surface area (Å²) in [5, 5.41) is 2.63. The molecule has 0 saturated carbocycles. The maximum Gasteiger partial charge on any atom is 0.418 e. The molecular formula is C8H9F3N2. The minimum Gasteiger partial charge on any atom is -0.314 e. The molecule has 0 amide bonds. The summed E-state index contributed by atoms with van der Waals surface area (Å²) in [6.07, 6.45) is -2.97. The van der Waals surface area contributed by atoms with Gasteiger partial charge in [-0.1, -0.05) is 0 Å². The highest BCUT2D eigenvalue weighted by molar-refractivity contribution is 5.22. The van der Waals surface area contributed by atoms with Gasteiger partial charge in [-0.25, -0.2) is 0 Å². The van der Waals surface area contributed by atoms with Crippen LogP contribution >= 0.6 is 0 Å². The van der Waals surface area contributed by atoms with E-state index in [-0.39, 0.29) is 12.2 Å². The molecule has 0 aromatic carbocycles. The Labute approximate surface area is 73.8 Å². The van der Waals surface area contributed by atoms with Crippen LogP contribution in [0.5, 0.6) is 0 Å². The van der Waals surface area contributed by atoms with Gasteiger partial charge in [0.2, 0.25) is 0 Å². The number of hydrogen-bond acceptors (Lipinski definition) is 2. The van der Waals surface area contributed by atoms with Crippen LogP contribution in [-0.4, -0.2) is 12.0 Å². The molecule has 2 nitrogen and oxygen atoms in total. The summed E-state index contributed by atoms with van der Waals surface area (Å²) in [6, 6.07) is 2.31. The van der Waals surface area contributed by atoms with Gasteiger partial charge in [0.25, 0.3) is 0 Å². The molecular weight excluding hydrogens is 181 g/mol. The Hall–Kier alpha value is -1.10. The highest BCUT2D eigenvalue weighted by Gasteiger charge is 2.33. The van der Waals surface area contributed by atoms with E-state index in [1.54, 1.807) is 7.05 Å². The van der Waals surface area contributed by atoms with Crippen molar-refractivity contribution in [2.45, 2.75) is 12.7 Å². The molecule has 0 unspecified atom stereocenters. The van der Waals surface area contributed by atoms with E-state index >= 15 is 0 Å². The van der Waals surface area contributed by atoms with Gasteiger partial charge in [0.05, 0.1) is 11.3 Å². The molecule has 0 aliphatic heterocycles. The first kappa shape index (κ1) is 9.98. The molecule has 1 heterocycles. The molecule has 0 radical (unpaired) electrons. The van der Waals surface area contributed by atoms with E-state index in [1.165, 1.54) is 12.3 Å². The summed E-state index contributed by atoms with van der Waals surface area (Å²) in [5.74, 6) is 0. The average molecular weight is 190 g/mol. The van der Waals surface area contributed by atoms with E-state index < -0.39 is 11.7 Å². The van der Waals surface area contributed by atoms with Crippen LogP contribution in [0.15, 0.2) is 18.3 Å². The van der Waals surface area contributed by atoms with Crippen LogP contribution in [-0.2, 0) is 12.7 Å². The summed E-state index contributed by atoms with van der Waals surface area (Å²) in [7, 11) is 1.58. The van der Waals surface area contributed by atoms with Gasteiger partial charge >= 0.3 is 6.18 Å². The summed E-state index contributed by atoms with van der Waals surface area (Å²) < 4.78 is 36.9. The van der Waals surface area contributed by atoms with Crippen molar-refractivity contribution in [3.63, 3.8) is 0 Å². The van der Waals surface area contributed by atoms with Crippen LogP contribution in [0.1, 0.15) is 11.3 Å². The number of halogens is 3. The van der Waals surface area contributed by atoms with E-state index in [0.29, 0.717) is 0 Å². The van der Waals surface area contributed by atoms with Gasteiger partial charge in [-0.15, -0.1) is 0 Å². The second-order valence-corrected chi connectivity index (χ2v) is 2.53. The first-order valence-corrected chi connectivity index (χ1v) is 3.71. The maximum absolute atomic E-state index is 12.3. The number of pyridine rings is 1. The Morgan fingerprint density at radius 1 is 1.46 bits per heavy atom. The predicted molar refractivity (Wildman–Crippen MR) is 42.0 cm³/mol. The lowest BCUT2D eigenvalue weighted by atomic mass is 10.2. The molecule has 0 bridgehead atoms. The average Bonchev–Trinajstić information content (AvgIpc) is 2.04. The van der Waals surface area contributed by atoms with Crippen molar-refractivity contribution in [3.05, 3.63) is 29.6 Å². The molecule has 0 saturated heterocycles. The molecule has 0 atom stereocenters. The van der Waals surface area contributed by atoms with Gasteiger partial charge in [0, 0.05) is 12.7 Å². The Balaban J connectivity index is 3.05. The Bertz CT molecular complexity index is 283. The molecule has 13 heavy (non-hydrogen) atoms. The van der Waals surface area contributed by atoms with E-state index in [2.05, 4.69) is 10.3 Å². The van der Waals surface area contributed by atoms with Gasteiger partial charge in [0.1, 0.15) is 0 Å². The van der Waals surface area contributed by atoms with Crippen molar-refractivity contribution in [3.8, 4) is 0 Å². The lowest BCUT2D eigenvalue weighted by molar-refractivity contribution is -0.138. The van der Waals surface area contributed by atoms with Gasteiger partial charge in [-0.05, 0) is 19.2 Å². The zero-order chi connectivity index (χ0) is 9.90. The Morgan fingerprint density at radius 2 is 2.15 bits per heavy atom. The number of aromatic nitrogens is 1. The fraction of sp³-hybridized carbons (Fsp3) is 0.375. The van der Waals surface area contributed by atoms with E-state index in [9.17, 15) is 13.2 Å². The van der Waals surface area contributed by atoms with Gasteiger partial charge in [-0.2, -0.15) is 13.2 Å². The second kappa shape index (κ2) is 3.74. The molecule has 1 aromatic heterocycles. The monoisotopic (exact) mass is 190 g/mol. The predicted octanol–water partition coefficient (Wildman–Crippen LogP) is 1.82. The van der Waals surface area contributed by atoms with Crippen LogP contribution in [0.25, 0.3) is 0 Å². The fourth-order valence-corrected chi connectivity index (χ4v) is 1.00. The molecule has 0 aliphatic carbocycles. The third kappa shape index (κ3) is 2.42. The molecule has 0 fully saturated rings.